The van der Waals surface area contributed by atoms with E-state index in [1.807, 2.05) is 6.07 Å². The van der Waals surface area contributed by atoms with Gasteiger partial charge in [0.05, 0.1) is 36.8 Å². The lowest BCUT2D eigenvalue weighted by atomic mass is 10.1. The van der Waals surface area contributed by atoms with Crippen molar-refractivity contribution in [2.24, 2.45) is 0 Å². The van der Waals surface area contributed by atoms with Crippen LogP contribution in [0.25, 0.3) is 21.9 Å². The second kappa shape index (κ2) is 12.5. The van der Waals surface area contributed by atoms with Crippen molar-refractivity contribution in [2.45, 2.75) is 53.1 Å². The molecule has 0 saturated heterocycles. The lowest BCUT2D eigenvalue weighted by Crippen LogP contribution is -3.10. The quantitative estimate of drug-likeness (QED) is 0.207. The molecular weight excluding hydrogens is 565 g/mol. The summed E-state index contributed by atoms with van der Waals surface area (Å²) in [4.78, 5) is 23.1. The number of aryl methyl sites for hydroxylation is 1. The molecule has 0 saturated carbocycles. The number of nitrogens with two attached hydrogens (primary N) is 1. The highest BCUT2D eigenvalue weighted by Crippen LogP contribution is 2.31. The van der Waals surface area contributed by atoms with E-state index in [2.05, 4.69) is 54.6 Å². The third-order valence-corrected chi connectivity index (χ3v) is 6.78. The average molecular weight is 602 g/mol. The van der Waals surface area contributed by atoms with Gasteiger partial charge in [-0.1, -0.05) is 37.6 Å². The Kier molecular flexibility index (Phi) is 9.67. The summed E-state index contributed by atoms with van der Waals surface area (Å²) < 4.78 is 7.16. The molecule has 0 amide bonds. The molecule has 8 heteroatoms. The van der Waals surface area contributed by atoms with Crippen LogP contribution in [0.4, 0.5) is 5.82 Å². The molecule has 0 fully saturated rings. The second-order valence-corrected chi connectivity index (χ2v) is 9.09. The molecule has 0 radical (unpaired) electrons. The van der Waals surface area contributed by atoms with Crippen LogP contribution in [0.5, 0.6) is 0 Å². The van der Waals surface area contributed by atoms with Crippen molar-refractivity contribution in [1.29, 1.82) is 0 Å². The number of methoxy groups -OCH3 is 1. The van der Waals surface area contributed by atoms with Crippen LogP contribution in [0.15, 0.2) is 42.5 Å². The molecule has 0 atom stereocenters. The van der Waals surface area contributed by atoms with Crippen molar-refractivity contribution in [2.75, 3.05) is 25.9 Å². The maximum atomic E-state index is 12.1. The van der Waals surface area contributed by atoms with E-state index in [-0.39, 0.29) is 24.0 Å². The number of rotatable bonds is 10. The molecule has 0 aliphatic carbocycles. The third-order valence-electron chi connectivity index (χ3n) is 6.78. The van der Waals surface area contributed by atoms with Crippen molar-refractivity contribution < 1.29 is 38.4 Å². The van der Waals surface area contributed by atoms with Crippen molar-refractivity contribution in [3.8, 4) is 0 Å². The van der Waals surface area contributed by atoms with Gasteiger partial charge in [0.1, 0.15) is 17.9 Å². The molecule has 0 aliphatic heterocycles. The van der Waals surface area contributed by atoms with E-state index in [9.17, 15) is 4.79 Å². The van der Waals surface area contributed by atoms with Gasteiger partial charge in [-0.05, 0) is 44.0 Å². The van der Waals surface area contributed by atoms with Gasteiger partial charge in [0, 0.05) is 23.9 Å². The predicted molar refractivity (Wildman–Crippen MR) is 141 cm³/mol. The molecule has 36 heavy (non-hydrogen) atoms. The Bertz CT molecular complexity index is 1330. The molecule has 0 unspecified atom stereocenters. The number of imidazole rings is 1. The van der Waals surface area contributed by atoms with Gasteiger partial charge in [-0.3, -0.25) is 0 Å². The number of ether oxygens (including phenoxy) is 1. The van der Waals surface area contributed by atoms with Crippen LogP contribution < -0.4 is 34.6 Å². The van der Waals surface area contributed by atoms with E-state index in [1.54, 1.807) is 17.0 Å². The first-order chi connectivity index (χ1) is 17.0. The highest BCUT2D eigenvalue weighted by Gasteiger charge is 2.19. The zero-order chi connectivity index (χ0) is 24.9. The standard InChI is InChI=1S/C28H35N5O2.HI/c1-5-8-9-24-31-25-26(22-15-14-21(28(34)35-4)16-23(22)30-27(25)29)33(24)18-20-12-10-19(11-13-20)17-32(6-2)7-3;/h10-16H,5-9,17-18H2,1-4H3,(H2,29,30);1H. The Morgan fingerprint density at radius 1 is 1.03 bits per heavy atom. The molecular formula is C28H36IN5O2. The summed E-state index contributed by atoms with van der Waals surface area (Å²) in [6.45, 7) is 10.6. The normalized spacial score (nSPS) is 11.2. The number of carbonyl (C=O) groups is 1. The molecule has 0 aliphatic rings. The molecule has 192 valence electrons. The van der Waals surface area contributed by atoms with E-state index >= 15 is 0 Å². The summed E-state index contributed by atoms with van der Waals surface area (Å²) in [5.41, 5.74) is 11.7. The van der Waals surface area contributed by atoms with Crippen molar-refractivity contribution >= 4 is 33.7 Å². The zero-order valence-corrected chi connectivity index (χ0v) is 23.8. The minimum Gasteiger partial charge on any atom is -1.00 e. The molecule has 2 aromatic carbocycles. The molecule has 2 aromatic heterocycles. The predicted octanol–water partition coefficient (Wildman–Crippen LogP) is 0.773. The van der Waals surface area contributed by atoms with Gasteiger partial charge in [0.15, 0.2) is 5.82 Å². The van der Waals surface area contributed by atoms with E-state index in [1.165, 1.54) is 18.2 Å². The van der Waals surface area contributed by atoms with Crippen molar-refractivity contribution in [1.82, 2.24) is 14.5 Å². The van der Waals surface area contributed by atoms with Crippen molar-refractivity contribution in [3.63, 3.8) is 0 Å². The van der Waals surface area contributed by atoms with E-state index in [4.69, 9.17) is 15.5 Å². The number of unbranched alkanes of at least 4 members (excludes halogenated alkanes) is 1. The lowest BCUT2D eigenvalue weighted by Gasteiger charge is -2.16. The van der Waals surface area contributed by atoms with Crippen molar-refractivity contribution in [3.05, 3.63) is 65.0 Å². The number of quaternary nitrogens is 1. The third kappa shape index (κ3) is 5.81. The number of hydrogen-bond acceptors (Lipinski definition) is 5. The SMILES string of the molecule is CCCCc1nc2c(N)nc3cc(C(=O)OC)ccc3c2n1Cc1ccc(C[NH+](CC)CC)cc1.[I-]. The number of nitrogens with one attached hydrogen (secondary N) is 1. The fraction of sp³-hybridized carbons (Fsp3) is 0.393. The Labute approximate surface area is 230 Å². The second-order valence-electron chi connectivity index (χ2n) is 9.09. The smallest absolute Gasteiger partial charge is 0.337 e. The molecule has 0 spiro atoms. The summed E-state index contributed by atoms with van der Waals surface area (Å²) in [6, 6.07) is 14.4. The van der Waals surface area contributed by atoms with Gasteiger partial charge in [-0.25, -0.2) is 14.8 Å². The summed E-state index contributed by atoms with van der Waals surface area (Å²) in [7, 11) is 1.38. The number of halogens is 1. The number of aromatic nitrogens is 3. The highest BCUT2D eigenvalue weighted by molar-refractivity contribution is 6.08. The number of hydrogen-bond donors (Lipinski definition) is 2. The van der Waals surface area contributed by atoms with Gasteiger partial charge in [-0.2, -0.15) is 0 Å². The number of nitrogen functional groups attached to an aromatic ring is 1. The van der Waals surface area contributed by atoms with E-state index < -0.39 is 5.97 Å². The Balaban J connectivity index is 0.00000361. The molecule has 2 heterocycles. The maximum Gasteiger partial charge on any atom is 0.337 e. The molecule has 4 rings (SSSR count). The summed E-state index contributed by atoms with van der Waals surface area (Å²) in [5.74, 6) is 0.997. The fourth-order valence-electron chi connectivity index (χ4n) is 4.63. The number of benzene rings is 2. The van der Waals surface area contributed by atoms with Gasteiger partial charge in [0.2, 0.25) is 0 Å². The Morgan fingerprint density at radius 2 is 1.72 bits per heavy atom. The van der Waals surface area contributed by atoms with Crippen LogP contribution in [-0.4, -0.2) is 40.7 Å². The summed E-state index contributed by atoms with van der Waals surface area (Å²) in [5, 5.41) is 0.929. The Morgan fingerprint density at radius 3 is 2.36 bits per heavy atom. The summed E-state index contributed by atoms with van der Waals surface area (Å²) >= 11 is 0. The molecule has 4 aromatic rings. The summed E-state index contributed by atoms with van der Waals surface area (Å²) in [6.07, 6.45) is 3.00. The average Bonchev–Trinajstić information content (AvgIpc) is 3.24. The lowest BCUT2D eigenvalue weighted by molar-refractivity contribution is -0.910. The van der Waals surface area contributed by atoms with Gasteiger partial charge in [-0.15, -0.1) is 0 Å². The van der Waals surface area contributed by atoms with Crippen LogP contribution in [-0.2, 0) is 24.2 Å². The zero-order valence-electron chi connectivity index (χ0n) is 21.6. The number of anilines is 1. The minimum absolute atomic E-state index is 0. The minimum atomic E-state index is -0.392. The maximum absolute atomic E-state index is 12.1. The first kappa shape index (κ1) is 27.9. The topological polar surface area (TPSA) is 87.5 Å². The highest BCUT2D eigenvalue weighted by atomic mass is 127. The number of fused-ring (bicyclic) bond motifs is 3. The number of pyridine rings is 1. The molecule has 7 nitrogen and oxygen atoms in total. The van der Waals surface area contributed by atoms with Gasteiger partial charge >= 0.3 is 5.97 Å². The van der Waals surface area contributed by atoms with Crippen LogP contribution in [0.1, 0.15) is 60.9 Å². The van der Waals surface area contributed by atoms with Crippen LogP contribution in [0, 0.1) is 0 Å². The fourth-order valence-corrected chi connectivity index (χ4v) is 4.63. The number of carbonyl (C=O) groups excluding carboxylic acids is 1. The van der Waals surface area contributed by atoms with E-state index in [0.717, 1.165) is 61.1 Å². The number of nitrogens with zero attached hydrogens (tertiary/aromatic N) is 3. The number of esters is 1. The first-order valence-corrected chi connectivity index (χ1v) is 12.6. The van der Waals surface area contributed by atoms with Crippen LogP contribution >= 0.6 is 0 Å². The van der Waals surface area contributed by atoms with Crippen LogP contribution in [0.2, 0.25) is 0 Å². The first-order valence-electron chi connectivity index (χ1n) is 12.6. The monoisotopic (exact) mass is 601 g/mol. The molecule has 3 N–H and O–H groups in total. The van der Waals surface area contributed by atoms with Crippen LogP contribution in [0.3, 0.4) is 0 Å². The van der Waals surface area contributed by atoms with Gasteiger partial charge in [0.25, 0.3) is 0 Å². The Hall–Kier alpha value is -2.72. The van der Waals surface area contributed by atoms with Gasteiger partial charge < -0.3 is 43.9 Å². The largest absolute Gasteiger partial charge is 1.00 e. The molecule has 0 bridgehead atoms. The van der Waals surface area contributed by atoms with E-state index in [0.29, 0.717) is 23.4 Å².